The van der Waals surface area contributed by atoms with Gasteiger partial charge in [0.1, 0.15) is 12.2 Å². The van der Waals surface area contributed by atoms with E-state index in [4.69, 9.17) is 4.74 Å². The zero-order chi connectivity index (χ0) is 12.7. The fourth-order valence-corrected chi connectivity index (χ4v) is 1.81. The van der Waals surface area contributed by atoms with Crippen molar-refractivity contribution in [1.82, 2.24) is 10.2 Å². The maximum Gasteiger partial charge on any atom is 0.284 e. The fraction of sp³-hybridized carbons (Fsp3) is 0.667. The molecule has 2 aliphatic rings. The first-order valence-corrected chi connectivity index (χ1v) is 5.07. The number of carbonyl (C=O) groups excluding carboxylic acids is 1. The summed E-state index contributed by atoms with van der Waals surface area (Å²) < 4.78 is 18.3. The minimum absolute atomic E-state index is 0.656. The Bertz CT molecular complexity index is 363. The molecule has 0 aliphatic carbocycles. The number of hydrogen-bond donors (Lipinski definition) is 4. The highest BCUT2D eigenvalue weighted by Gasteiger charge is 2.45. The standard InChI is InChI=1S/C9H13FN2O5/c1-3-5(13)6(14)8(17-3)12-2-4(10)7(15)11-9(12)16/h2-3,5-6,8-9,13-14,16H,1H3,(H,11,15)/t3-,5-,6-,8-,9?/m1/s1. The van der Waals surface area contributed by atoms with Crippen molar-refractivity contribution in [2.24, 2.45) is 0 Å². The smallest absolute Gasteiger partial charge is 0.284 e. The maximum absolute atomic E-state index is 13.1. The van der Waals surface area contributed by atoms with Gasteiger partial charge in [0, 0.05) is 6.20 Å². The monoisotopic (exact) mass is 248 g/mol. The second-order valence-electron chi connectivity index (χ2n) is 3.98. The van der Waals surface area contributed by atoms with Gasteiger partial charge < -0.3 is 30.3 Å². The summed E-state index contributed by atoms with van der Waals surface area (Å²) in [5.41, 5.74) is 0. The van der Waals surface area contributed by atoms with Crippen molar-refractivity contribution in [2.75, 3.05) is 0 Å². The molecular weight excluding hydrogens is 235 g/mol. The number of ether oxygens (including phenoxy) is 1. The van der Waals surface area contributed by atoms with Gasteiger partial charge in [0.05, 0.1) is 6.10 Å². The molecule has 1 fully saturated rings. The molecule has 0 saturated carbocycles. The Hall–Kier alpha value is -1.22. The zero-order valence-corrected chi connectivity index (χ0v) is 8.95. The van der Waals surface area contributed by atoms with Crippen LogP contribution in [-0.4, -0.2) is 57.0 Å². The summed E-state index contributed by atoms with van der Waals surface area (Å²) in [4.78, 5) is 11.8. The minimum Gasteiger partial charge on any atom is -0.388 e. The topological polar surface area (TPSA) is 102 Å². The van der Waals surface area contributed by atoms with Gasteiger partial charge in [0.15, 0.2) is 6.23 Å². The molecule has 1 unspecified atom stereocenters. The Labute approximate surface area is 96.1 Å². The van der Waals surface area contributed by atoms with Crippen LogP contribution in [0.3, 0.4) is 0 Å². The molecule has 0 radical (unpaired) electrons. The molecule has 0 aromatic carbocycles. The molecule has 2 heterocycles. The Kier molecular flexibility index (Phi) is 3.04. The Morgan fingerprint density at radius 3 is 2.59 bits per heavy atom. The predicted octanol–water partition coefficient (Wildman–Crippen LogP) is -2.03. The van der Waals surface area contributed by atoms with Crippen LogP contribution in [0.5, 0.6) is 0 Å². The molecule has 0 aromatic heterocycles. The third kappa shape index (κ3) is 2.00. The highest BCUT2D eigenvalue weighted by Crippen LogP contribution is 2.26. The molecule has 1 amide bonds. The van der Waals surface area contributed by atoms with E-state index < -0.39 is 42.6 Å². The summed E-state index contributed by atoms with van der Waals surface area (Å²) in [7, 11) is 0. The molecule has 2 aliphatic heterocycles. The highest BCUT2D eigenvalue weighted by atomic mass is 19.1. The van der Waals surface area contributed by atoms with E-state index in [1.807, 2.05) is 5.32 Å². The second kappa shape index (κ2) is 4.22. The lowest BCUT2D eigenvalue weighted by atomic mass is 10.1. The summed E-state index contributed by atoms with van der Waals surface area (Å²) in [6.07, 6.45) is -5.00. The molecule has 0 spiro atoms. The zero-order valence-electron chi connectivity index (χ0n) is 8.95. The summed E-state index contributed by atoms with van der Waals surface area (Å²) >= 11 is 0. The van der Waals surface area contributed by atoms with Crippen LogP contribution in [0.4, 0.5) is 4.39 Å². The van der Waals surface area contributed by atoms with Gasteiger partial charge in [-0.2, -0.15) is 4.39 Å². The van der Waals surface area contributed by atoms with E-state index in [0.717, 1.165) is 11.1 Å². The molecular formula is C9H13FN2O5. The normalized spacial score (nSPS) is 42.4. The molecule has 4 N–H and O–H groups in total. The Morgan fingerprint density at radius 2 is 2.06 bits per heavy atom. The summed E-state index contributed by atoms with van der Waals surface area (Å²) in [5.74, 6) is -2.16. The van der Waals surface area contributed by atoms with Crippen molar-refractivity contribution in [3.05, 3.63) is 12.0 Å². The van der Waals surface area contributed by atoms with E-state index >= 15 is 0 Å². The van der Waals surface area contributed by atoms with Crippen molar-refractivity contribution in [2.45, 2.75) is 37.8 Å². The largest absolute Gasteiger partial charge is 0.388 e. The quantitative estimate of drug-likeness (QED) is 0.427. The first-order valence-electron chi connectivity index (χ1n) is 5.07. The van der Waals surface area contributed by atoms with Crippen LogP contribution >= 0.6 is 0 Å². The third-order valence-corrected chi connectivity index (χ3v) is 2.79. The number of halogens is 1. The number of hydrogen-bond acceptors (Lipinski definition) is 6. The molecule has 0 bridgehead atoms. The van der Waals surface area contributed by atoms with Gasteiger partial charge in [-0.25, -0.2) is 0 Å². The molecule has 7 nitrogen and oxygen atoms in total. The molecule has 2 rings (SSSR count). The number of carbonyl (C=O) groups is 1. The average molecular weight is 248 g/mol. The number of aliphatic hydroxyl groups is 3. The van der Waals surface area contributed by atoms with Crippen molar-refractivity contribution in [3.63, 3.8) is 0 Å². The number of nitrogens with one attached hydrogen (secondary N) is 1. The van der Waals surface area contributed by atoms with Crippen LogP contribution in [-0.2, 0) is 9.53 Å². The molecule has 0 aromatic rings. The molecule has 8 heteroatoms. The molecule has 5 atom stereocenters. The van der Waals surface area contributed by atoms with Crippen LogP contribution < -0.4 is 5.32 Å². The van der Waals surface area contributed by atoms with E-state index in [2.05, 4.69) is 0 Å². The maximum atomic E-state index is 13.1. The molecule has 96 valence electrons. The van der Waals surface area contributed by atoms with E-state index in [0.29, 0.717) is 0 Å². The predicted molar refractivity (Wildman–Crippen MR) is 51.5 cm³/mol. The Morgan fingerprint density at radius 1 is 1.41 bits per heavy atom. The van der Waals surface area contributed by atoms with Crippen LogP contribution in [0.15, 0.2) is 12.0 Å². The first kappa shape index (κ1) is 12.2. The number of amides is 1. The van der Waals surface area contributed by atoms with Crippen molar-refractivity contribution >= 4 is 5.91 Å². The first-order chi connectivity index (χ1) is 7.91. The van der Waals surface area contributed by atoms with Crippen LogP contribution in [0, 0.1) is 0 Å². The lowest BCUT2D eigenvalue weighted by molar-refractivity contribution is -0.152. The van der Waals surface area contributed by atoms with Gasteiger partial charge in [-0.1, -0.05) is 0 Å². The SMILES string of the molecule is C[C@H]1O[C@@H](N2C=C(F)C(=O)NC2O)[C@H](O)[C@@H]1O. The van der Waals surface area contributed by atoms with Crippen molar-refractivity contribution in [3.8, 4) is 0 Å². The van der Waals surface area contributed by atoms with Crippen molar-refractivity contribution < 1.29 is 29.2 Å². The van der Waals surface area contributed by atoms with Gasteiger partial charge in [0.25, 0.3) is 5.91 Å². The minimum atomic E-state index is -1.51. The van der Waals surface area contributed by atoms with E-state index in [1.165, 1.54) is 6.92 Å². The summed E-state index contributed by atoms with van der Waals surface area (Å²) in [6.45, 7) is 1.53. The third-order valence-electron chi connectivity index (χ3n) is 2.79. The molecule has 1 saturated heterocycles. The van der Waals surface area contributed by atoms with E-state index in [-0.39, 0.29) is 0 Å². The fourth-order valence-electron chi connectivity index (χ4n) is 1.81. The number of rotatable bonds is 1. The van der Waals surface area contributed by atoms with Crippen LogP contribution in [0.1, 0.15) is 6.92 Å². The number of aliphatic hydroxyl groups excluding tert-OH is 3. The average Bonchev–Trinajstić information content (AvgIpc) is 2.51. The molecule has 17 heavy (non-hydrogen) atoms. The van der Waals surface area contributed by atoms with Crippen LogP contribution in [0.2, 0.25) is 0 Å². The van der Waals surface area contributed by atoms with Gasteiger partial charge in [0.2, 0.25) is 12.2 Å². The second-order valence-corrected chi connectivity index (χ2v) is 3.98. The van der Waals surface area contributed by atoms with Crippen molar-refractivity contribution in [1.29, 1.82) is 0 Å². The lowest BCUT2D eigenvalue weighted by Gasteiger charge is -2.35. The van der Waals surface area contributed by atoms with Gasteiger partial charge in [-0.05, 0) is 6.92 Å². The van der Waals surface area contributed by atoms with E-state index in [1.54, 1.807) is 0 Å². The summed E-state index contributed by atoms with van der Waals surface area (Å²) in [6, 6.07) is 0. The highest BCUT2D eigenvalue weighted by molar-refractivity contribution is 5.91. The van der Waals surface area contributed by atoms with Gasteiger partial charge in [-0.3, -0.25) is 4.79 Å². The summed E-state index contributed by atoms with van der Waals surface area (Å²) in [5, 5.41) is 30.6. The Balaban J connectivity index is 2.20. The van der Waals surface area contributed by atoms with E-state index in [9.17, 15) is 24.5 Å². The van der Waals surface area contributed by atoms with Gasteiger partial charge in [-0.15, -0.1) is 0 Å². The van der Waals surface area contributed by atoms with Crippen LogP contribution in [0.25, 0.3) is 0 Å². The number of nitrogens with zero attached hydrogens (tertiary/aromatic N) is 1. The van der Waals surface area contributed by atoms with Gasteiger partial charge >= 0.3 is 0 Å². The lowest BCUT2D eigenvalue weighted by Crippen LogP contribution is -2.56.